The molecule has 0 aromatic carbocycles. The van der Waals surface area contributed by atoms with E-state index in [0.29, 0.717) is 12.1 Å². The summed E-state index contributed by atoms with van der Waals surface area (Å²) in [5.74, 6) is 0.0798. The molecule has 2 rings (SSSR count). The number of rotatable bonds is 0. The molecule has 14 heavy (non-hydrogen) atoms. The maximum atomic E-state index is 11.1. The summed E-state index contributed by atoms with van der Waals surface area (Å²) >= 11 is 0. The van der Waals surface area contributed by atoms with Crippen LogP contribution in [0, 0.1) is 6.92 Å². The predicted molar refractivity (Wildman–Crippen MR) is 49.5 cm³/mol. The molecule has 0 spiro atoms. The van der Waals surface area contributed by atoms with Gasteiger partial charge in [-0.25, -0.2) is 8.42 Å². The third-order valence-electron chi connectivity index (χ3n) is 1.92. The maximum Gasteiger partial charge on any atom is 1.00 e. The number of pyridine rings is 1. The van der Waals surface area contributed by atoms with Crippen LogP contribution in [0.3, 0.4) is 0 Å². The summed E-state index contributed by atoms with van der Waals surface area (Å²) in [6.45, 7) is 1.88. The van der Waals surface area contributed by atoms with E-state index in [9.17, 15) is 8.42 Å². The molecule has 70 valence electrons. The van der Waals surface area contributed by atoms with Crippen LogP contribution in [-0.4, -0.2) is 19.2 Å². The maximum absolute atomic E-state index is 11.1. The zero-order valence-electron chi connectivity index (χ0n) is 8.19. The minimum absolute atomic E-state index is 0. The third kappa shape index (κ3) is 2.85. The first-order valence-corrected chi connectivity index (χ1v) is 5.60. The molecule has 1 aromatic heterocycles. The van der Waals surface area contributed by atoms with E-state index >= 15 is 0 Å². The van der Waals surface area contributed by atoms with E-state index in [1.54, 1.807) is 12.1 Å². The average Bonchev–Trinajstić information content (AvgIpc) is 2.05. The first-order valence-electron chi connectivity index (χ1n) is 3.99. The molecular formula is C8H9N2O2RbS. The first kappa shape index (κ1) is 12.8. The van der Waals surface area contributed by atoms with Crippen molar-refractivity contribution in [3.05, 3.63) is 28.2 Å². The molecule has 6 heteroatoms. The number of hydrogen-bond acceptors (Lipinski definition) is 3. The van der Waals surface area contributed by atoms with E-state index in [2.05, 4.69) is 9.71 Å². The molecular weight excluding hydrogens is 274 g/mol. The second-order valence-electron chi connectivity index (χ2n) is 3.05. The molecule has 1 aromatic rings. The smallest absolute Gasteiger partial charge is 0.575 e. The molecule has 1 aliphatic rings. The van der Waals surface area contributed by atoms with Gasteiger partial charge in [0.15, 0.2) is 0 Å². The summed E-state index contributed by atoms with van der Waals surface area (Å²) in [6, 6.07) is 3.47. The molecule has 0 atom stereocenters. The van der Waals surface area contributed by atoms with Crippen LogP contribution < -0.4 is 58.2 Å². The van der Waals surface area contributed by atoms with E-state index in [0.717, 1.165) is 11.4 Å². The van der Waals surface area contributed by atoms with Crippen LogP contribution in [0.5, 0.6) is 0 Å². The van der Waals surface area contributed by atoms with Crippen molar-refractivity contribution in [1.29, 1.82) is 0 Å². The second kappa shape index (κ2) is 4.70. The molecule has 0 saturated carbocycles. The van der Waals surface area contributed by atoms with Crippen LogP contribution in [-0.2, 0) is 16.4 Å². The Kier molecular flexibility index (Phi) is 4.28. The zero-order chi connectivity index (χ0) is 9.47. The summed E-state index contributed by atoms with van der Waals surface area (Å²) in [5.41, 5.74) is 2.18. The van der Waals surface area contributed by atoms with Crippen LogP contribution in [0.1, 0.15) is 11.4 Å². The molecule has 0 amide bonds. The first-order chi connectivity index (χ1) is 6.07. The van der Waals surface area contributed by atoms with E-state index in [4.69, 9.17) is 0 Å². The van der Waals surface area contributed by atoms with Gasteiger partial charge in [0, 0.05) is 23.6 Å². The number of nitrogens with zero attached hydrogens (tertiary/aromatic N) is 2. The van der Waals surface area contributed by atoms with Gasteiger partial charge in [-0.3, -0.25) is 4.98 Å². The van der Waals surface area contributed by atoms with Gasteiger partial charge >= 0.3 is 58.2 Å². The van der Waals surface area contributed by atoms with Crippen molar-refractivity contribution in [2.75, 3.05) is 5.75 Å². The topological polar surface area (TPSA) is 61.1 Å². The van der Waals surface area contributed by atoms with Crippen molar-refractivity contribution in [2.24, 2.45) is 0 Å². The van der Waals surface area contributed by atoms with Crippen LogP contribution in [0.4, 0.5) is 5.69 Å². The summed E-state index contributed by atoms with van der Waals surface area (Å²) in [7, 11) is -3.22. The summed E-state index contributed by atoms with van der Waals surface area (Å²) in [6.07, 6.45) is 0.475. The number of fused-ring (bicyclic) bond motifs is 1. The van der Waals surface area contributed by atoms with Gasteiger partial charge in [0.2, 0.25) is 0 Å². The standard InChI is InChI=1S/C8H9N2O2S.Rb/c1-6-2-3-8-7(9-6)4-5-13(11,12)10-8;/h2-3H,4-5H2,1H3;/q-1;+1. The van der Waals surface area contributed by atoms with Gasteiger partial charge in [-0.05, 0) is 13.0 Å². The van der Waals surface area contributed by atoms with E-state index in [1.165, 1.54) is 0 Å². The zero-order valence-corrected chi connectivity index (χ0v) is 13.9. The second-order valence-corrected chi connectivity index (χ2v) is 4.80. The molecule has 0 radical (unpaired) electrons. The van der Waals surface area contributed by atoms with Crippen LogP contribution in [0.15, 0.2) is 12.1 Å². The van der Waals surface area contributed by atoms with Gasteiger partial charge in [0.25, 0.3) is 0 Å². The van der Waals surface area contributed by atoms with Crippen molar-refractivity contribution >= 4 is 15.7 Å². The van der Waals surface area contributed by atoms with E-state index < -0.39 is 10.0 Å². The summed E-state index contributed by atoms with van der Waals surface area (Å²) in [4.78, 5) is 4.22. The molecule has 0 fully saturated rings. The van der Waals surface area contributed by atoms with Gasteiger partial charge < -0.3 is 4.72 Å². The van der Waals surface area contributed by atoms with Crippen molar-refractivity contribution in [1.82, 2.24) is 4.98 Å². The Hall–Kier alpha value is 0.705. The Morgan fingerprint density at radius 3 is 2.86 bits per heavy atom. The fraction of sp³-hybridized carbons (Fsp3) is 0.375. The van der Waals surface area contributed by atoms with Gasteiger partial charge in [0.05, 0.1) is 10.0 Å². The SMILES string of the molecule is Cc1ccc2c(n1)CCS(=O)(=O)[N-]2.[Rb+]. The van der Waals surface area contributed by atoms with Crippen molar-refractivity contribution < 1.29 is 66.6 Å². The predicted octanol–water partition coefficient (Wildman–Crippen LogP) is -1.71. The molecule has 0 N–H and O–H groups in total. The molecule has 1 aliphatic heterocycles. The monoisotopic (exact) mass is 282 g/mol. The van der Waals surface area contributed by atoms with Gasteiger partial charge in [0.1, 0.15) is 0 Å². The van der Waals surface area contributed by atoms with E-state index in [1.807, 2.05) is 6.92 Å². The van der Waals surface area contributed by atoms with Crippen LogP contribution in [0.25, 0.3) is 4.72 Å². The Balaban J connectivity index is 0.000000980. The van der Waals surface area contributed by atoms with Gasteiger partial charge in [-0.1, -0.05) is 6.07 Å². The molecule has 0 aliphatic carbocycles. The Labute approximate surface area is 132 Å². The van der Waals surface area contributed by atoms with Crippen molar-refractivity contribution in [3.8, 4) is 0 Å². The van der Waals surface area contributed by atoms with Gasteiger partial charge in [-0.15, -0.1) is 5.69 Å². The largest absolute Gasteiger partial charge is 1.00 e. The summed E-state index contributed by atoms with van der Waals surface area (Å²) < 4.78 is 25.8. The van der Waals surface area contributed by atoms with Crippen LogP contribution >= 0.6 is 0 Å². The Morgan fingerprint density at radius 2 is 2.14 bits per heavy atom. The number of aromatic nitrogens is 1. The third-order valence-corrected chi connectivity index (χ3v) is 3.12. The number of hydrogen-bond donors (Lipinski definition) is 0. The quantitative estimate of drug-likeness (QED) is 0.569. The Morgan fingerprint density at radius 1 is 1.43 bits per heavy atom. The van der Waals surface area contributed by atoms with E-state index in [-0.39, 0.29) is 63.9 Å². The molecule has 0 unspecified atom stereocenters. The normalized spacial score (nSPS) is 17.5. The summed E-state index contributed by atoms with van der Waals surface area (Å²) in [5, 5.41) is 0. The average molecular weight is 283 g/mol. The minimum Gasteiger partial charge on any atom is -0.575 e. The fourth-order valence-corrected chi connectivity index (χ4v) is 2.30. The molecule has 4 nitrogen and oxygen atoms in total. The van der Waals surface area contributed by atoms with Gasteiger partial charge in [-0.2, -0.15) is 0 Å². The molecule has 0 bridgehead atoms. The van der Waals surface area contributed by atoms with Crippen molar-refractivity contribution in [2.45, 2.75) is 13.3 Å². The molecule has 2 heterocycles. The van der Waals surface area contributed by atoms with Crippen LogP contribution in [0.2, 0.25) is 0 Å². The minimum atomic E-state index is -3.22. The Bertz CT molecular complexity index is 445. The number of aryl methyl sites for hydroxylation is 2. The van der Waals surface area contributed by atoms with Crippen molar-refractivity contribution in [3.63, 3.8) is 0 Å². The number of sulfonamides is 1. The fourth-order valence-electron chi connectivity index (χ4n) is 1.29. The molecule has 0 saturated heterocycles.